The van der Waals surface area contributed by atoms with Gasteiger partial charge < -0.3 is 4.98 Å². The number of hydrogen-bond acceptors (Lipinski definition) is 3. The summed E-state index contributed by atoms with van der Waals surface area (Å²) in [4.78, 5) is 19.0. The van der Waals surface area contributed by atoms with Crippen LogP contribution in [0.2, 0.25) is 0 Å². The van der Waals surface area contributed by atoms with Gasteiger partial charge in [-0.15, -0.1) is 11.8 Å². The standard InChI is InChI=1S/C13H13FN2OS/c1-9-12(16-8-15-9)6-18-7-13(17)10-2-4-11(14)5-3-10/h2-5,8H,6-7H2,1H3,(H,15,16). The van der Waals surface area contributed by atoms with Crippen LogP contribution < -0.4 is 0 Å². The zero-order chi connectivity index (χ0) is 13.0. The van der Waals surface area contributed by atoms with Gasteiger partial charge in [0.05, 0.1) is 17.8 Å². The smallest absolute Gasteiger partial charge is 0.172 e. The highest BCUT2D eigenvalue weighted by Crippen LogP contribution is 2.14. The number of aryl methyl sites for hydroxylation is 1. The number of thioether (sulfide) groups is 1. The second-order valence-corrected chi connectivity index (χ2v) is 4.88. The molecule has 0 atom stereocenters. The number of aromatic nitrogens is 2. The predicted molar refractivity (Wildman–Crippen MR) is 70.2 cm³/mol. The molecule has 0 radical (unpaired) electrons. The summed E-state index contributed by atoms with van der Waals surface area (Å²) in [5.74, 6) is 0.750. The summed E-state index contributed by atoms with van der Waals surface area (Å²) in [7, 11) is 0. The quantitative estimate of drug-likeness (QED) is 0.844. The zero-order valence-corrected chi connectivity index (χ0v) is 10.8. The number of aromatic amines is 1. The number of hydrogen-bond donors (Lipinski definition) is 1. The van der Waals surface area contributed by atoms with Crippen LogP contribution in [0.5, 0.6) is 0 Å². The van der Waals surface area contributed by atoms with Gasteiger partial charge in [0.15, 0.2) is 5.78 Å². The van der Waals surface area contributed by atoms with Gasteiger partial charge in [-0.25, -0.2) is 9.37 Å². The molecule has 0 aliphatic carbocycles. The number of imidazole rings is 1. The van der Waals surface area contributed by atoms with Crippen LogP contribution in [-0.2, 0) is 5.75 Å². The molecule has 0 fully saturated rings. The molecule has 0 saturated carbocycles. The van der Waals surface area contributed by atoms with Crippen LogP contribution in [-0.4, -0.2) is 21.5 Å². The number of nitrogens with one attached hydrogen (secondary N) is 1. The van der Waals surface area contributed by atoms with Crippen LogP contribution in [0.15, 0.2) is 30.6 Å². The molecule has 18 heavy (non-hydrogen) atoms. The second-order valence-electron chi connectivity index (χ2n) is 3.90. The van der Waals surface area contributed by atoms with Crippen LogP contribution in [0.25, 0.3) is 0 Å². The van der Waals surface area contributed by atoms with E-state index >= 15 is 0 Å². The Balaban J connectivity index is 1.85. The molecule has 0 bridgehead atoms. The van der Waals surface area contributed by atoms with E-state index in [0.29, 0.717) is 17.1 Å². The zero-order valence-electron chi connectivity index (χ0n) is 9.94. The molecule has 1 aromatic heterocycles. The van der Waals surface area contributed by atoms with E-state index in [-0.39, 0.29) is 11.6 Å². The lowest BCUT2D eigenvalue weighted by molar-refractivity contribution is 0.102. The van der Waals surface area contributed by atoms with E-state index in [1.807, 2.05) is 6.92 Å². The van der Waals surface area contributed by atoms with Crippen molar-refractivity contribution in [2.45, 2.75) is 12.7 Å². The first-order chi connectivity index (χ1) is 8.66. The Labute approximate surface area is 109 Å². The molecule has 0 amide bonds. The van der Waals surface area contributed by atoms with E-state index < -0.39 is 0 Å². The second kappa shape index (κ2) is 5.82. The van der Waals surface area contributed by atoms with Crippen LogP contribution in [0, 0.1) is 12.7 Å². The summed E-state index contributed by atoms with van der Waals surface area (Å²) in [5, 5.41) is 0. The van der Waals surface area contributed by atoms with Gasteiger partial charge in [0.25, 0.3) is 0 Å². The molecule has 5 heteroatoms. The summed E-state index contributed by atoms with van der Waals surface area (Å²) < 4.78 is 12.7. The Morgan fingerprint density at radius 2 is 2.11 bits per heavy atom. The number of nitrogens with zero attached hydrogens (tertiary/aromatic N) is 1. The monoisotopic (exact) mass is 264 g/mol. The number of rotatable bonds is 5. The van der Waals surface area contributed by atoms with E-state index in [0.717, 1.165) is 11.4 Å². The van der Waals surface area contributed by atoms with Crippen molar-refractivity contribution < 1.29 is 9.18 Å². The molecule has 94 valence electrons. The largest absolute Gasteiger partial charge is 0.348 e. The van der Waals surface area contributed by atoms with Crippen LogP contribution >= 0.6 is 11.8 Å². The molecule has 1 aromatic carbocycles. The molecule has 1 N–H and O–H groups in total. The fourth-order valence-electron chi connectivity index (χ4n) is 1.49. The van der Waals surface area contributed by atoms with E-state index in [2.05, 4.69) is 9.97 Å². The molecule has 0 aliphatic rings. The fraction of sp³-hybridized carbons (Fsp3) is 0.231. The first-order valence-corrected chi connectivity index (χ1v) is 6.67. The average molecular weight is 264 g/mol. The highest BCUT2D eigenvalue weighted by Gasteiger charge is 2.07. The van der Waals surface area contributed by atoms with Crippen molar-refractivity contribution in [3.8, 4) is 0 Å². The molecule has 0 aliphatic heterocycles. The number of benzene rings is 1. The summed E-state index contributed by atoms with van der Waals surface area (Å²) in [6.45, 7) is 1.95. The van der Waals surface area contributed by atoms with Gasteiger partial charge in [0.1, 0.15) is 5.82 Å². The topological polar surface area (TPSA) is 45.8 Å². The van der Waals surface area contributed by atoms with Crippen LogP contribution in [0.4, 0.5) is 4.39 Å². The minimum atomic E-state index is -0.327. The van der Waals surface area contributed by atoms with Crippen molar-refractivity contribution >= 4 is 17.5 Å². The minimum absolute atomic E-state index is 0.00758. The Bertz CT molecular complexity index is 536. The van der Waals surface area contributed by atoms with Gasteiger partial charge in [-0.1, -0.05) is 0 Å². The van der Waals surface area contributed by atoms with Gasteiger partial charge in [0.2, 0.25) is 0 Å². The Morgan fingerprint density at radius 3 is 2.72 bits per heavy atom. The lowest BCUT2D eigenvalue weighted by atomic mass is 10.1. The van der Waals surface area contributed by atoms with Gasteiger partial charge in [-0.3, -0.25) is 4.79 Å². The highest BCUT2D eigenvalue weighted by molar-refractivity contribution is 7.99. The molecule has 0 saturated heterocycles. The SMILES string of the molecule is Cc1[nH]cnc1CSCC(=O)c1ccc(F)cc1. The molecule has 0 unspecified atom stereocenters. The average Bonchev–Trinajstić information content (AvgIpc) is 2.76. The molecular weight excluding hydrogens is 251 g/mol. The number of carbonyl (C=O) groups is 1. The van der Waals surface area contributed by atoms with Crippen LogP contribution in [0.3, 0.4) is 0 Å². The Kier molecular flexibility index (Phi) is 4.15. The van der Waals surface area contributed by atoms with Crippen LogP contribution in [0.1, 0.15) is 21.7 Å². The number of H-pyrrole nitrogens is 1. The minimum Gasteiger partial charge on any atom is -0.348 e. The number of halogens is 1. The van der Waals surface area contributed by atoms with Crippen molar-refractivity contribution in [1.82, 2.24) is 9.97 Å². The maximum Gasteiger partial charge on any atom is 0.172 e. The maximum atomic E-state index is 12.7. The summed E-state index contributed by atoms with van der Waals surface area (Å²) >= 11 is 1.51. The third-order valence-electron chi connectivity index (χ3n) is 2.57. The van der Waals surface area contributed by atoms with E-state index in [1.54, 1.807) is 6.33 Å². The van der Waals surface area contributed by atoms with Crippen molar-refractivity contribution in [1.29, 1.82) is 0 Å². The lowest BCUT2D eigenvalue weighted by Gasteiger charge is -2.01. The first kappa shape index (κ1) is 12.8. The first-order valence-electron chi connectivity index (χ1n) is 5.52. The summed E-state index contributed by atoms with van der Waals surface area (Å²) in [6.07, 6.45) is 1.65. The van der Waals surface area contributed by atoms with Crippen molar-refractivity contribution in [3.05, 3.63) is 53.4 Å². The third kappa shape index (κ3) is 3.20. The van der Waals surface area contributed by atoms with Gasteiger partial charge in [-0.2, -0.15) is 0 Å². The lowest BCUT2D eigenvalue weighted by Crippen LogP contribution is -2.02. The van der Waals surface area contributed by atoms with Gasteiger partial charge in [-0.05, 0) is 31.2 Å². The Morgan fingerprint density at radius 1 is 1.39 bits per heavy atom. The van der Waals surface area contributed by atoms with Crippen molar-refractivity contribution in [2.75, 3.05) is 5.75 Å². The molecule has 0 spiro atoms. The highest BCUT2D eigenvalue weighted by atomic mass is 32.2. The van der Waals surface area contributed by atoms with E-state index in [1.165, 1.54) is 36.0 Å². The summed E-state index contributed by atoms with van der Waals surface area (Å²) in [5.41, 5.74) is 2.53. The molecule has 2 rings (SSSR count). The Hall–Kier alpha value is -1.62. The van der Waals surface area contributed by atoms with Gasteiger partial charge >= 0.3 is 0 Å². The fourth-order valence-corrected chi connectivity index (χ4v) is 2.43. The number of Topliss-reactive ketones (excluding diaryl/α,β-unsaturated/α-hetero) is 1. The normalized spacial score (nSPS) is 10.6. The third-order valence-corrected chi connectivity index (χ3v) is 3.52. The number of ketones is 1. The predicted octanol–water partition coefficient (Wildman–Crippen LogP) is 2.97. The van der Waals surface area contributed by atoms with Crippen molar-refractivity contribution in [3.63, 3.8) is 0 Å². The van der Waals surface area contributed by atoms with E-state index in [4.69, 9.17) is 0 Å². The molecule has 3 nitrogen and oxygen atoms in total. The number of carbonyl (C=O) groups excluding carboxylic acids is 1. The van der Waals surface area contributed by atoms with E-state index in [9.17, 15) is 9.18 Å². The molecule has 2 aromatic rings. The van der Waals surface area contributed by atoms with Crippen molar-refractivity contribution in [2.24, 2.45) is 0 Å². The molecule has 1 heterocycles. The maximum absolute atomic E-state index is 12.7. The molecular formula is C13H13FN2OS. The summed E-state index contributed by atoms with van der Waals surface area (Å²) in [6, 6.07) is 5.63. The van der Waals surface area contributed by atoms with Gasteiger partial charge in [0, 0.05) is 17.0 Å².